The molecule has 0 amide bonds. The SMILES string of the molecule is CC.Cn1c2ccccc2c2c3[nH]c4ncccc4c3ccc21. The molecule has 114 valence electrons. The van der Waals surface area contributed by atoms with Crippen molar-refractivity contribution in [2.75, 3.05) is 0 Å². The summed E-state index contributed by atoms with van der Waals surface area (Å²) >= 11 is 0. The summed E-state index contributed by atoms with van der Waals surface area (Å²) in [4.78, 5) is 7.95. The average molecular weight is 301 g/mol. The molecule has 0 aliphatic heterocycles. The molecule has 3 heterocycles. The highest BCUT2D eigenvalue weighted by Gasteiger charge is 2.14. The number of rotatable bonds is 0. The molecule has 2 aromatic carbocycles. The molecular formula is C20H19N3. The molecule has 0 spiro atoms. The van der Waals surface area contributed by atoms with Gasteiger partial charge in [0.25, 0.3) is 0 Å². The number of benzene rings is 2. The minimum atomic E-state index is 0.952. The Labute approximate surface area is 134 Å². The summed E-state index contributed by atoms with van der Waals surface area (Å²) < 4.78 is 2.25. The molecule has 0 fully saturated rings. The van der Waals surface area contributed by atoms with E-state index in [0.29, 0.717) is 0 Å². The van der Waals surface area contributed by atoms with Crippen LogP contribution in [0.3, 0.4) is 0 Å². The van der Waals surface area contributed by atoms with Gasteiger partial charge in [0.15, 0.2) is 0 Å². The number of fused-ring (bicyclic) bond motifs is 7. The van der Waals surface area contributed by atoms with Crippen molar-refractivity contribution in [1.29, 1.82) is 0 Å². The highest BCUT2D eigenvalue weighted by atomic mass is 14.9. The number of hydrogen-bond donors (Lipinski definition) is 1. The summed E-state index contributed by atoms with van der Waals surface area (Å²) in [5.74, 6) is 0. The Bertz CT molecular complexity index is 1150. The lowest BCUT2D eigenvalue weighted by Gasteiger charge is -1.97. The Morgan fingerprint density at radius 1 is 0.826 bits per heavy atom. The molecule has 0 radical (unpaired) electrons. The van der Waals surface area contributed by atoms with Gasteiger partial charge >= 0.3 is 0 Å². The third-order valence-corrected chi connectivity index (χ3v) is 4.42. The summed E-state index contributed by atoms with van der Waals surface area (Å²) in [6.45, 7) is 4.00. The molecule has 5 aromatic rings. The Morgan fingerprint density at radius 3 is 2.48 bits per heavy atom. The highest BCUT2D eigenvalue weighted by Crippen LogP contribution is 2.36. The molecule has 23 heavy (non-hydrogen) atoms. The number of aromatic nitrogens is 3. The van der Waals surface area contributed by atoms with Crippen molar-refractivity contribution in [3.05, 3.63) is 54.7 Å². The van der Waals surface area contributed by atoms with Crippen LogP contribution in [0, 0.1) is 0 Å². The minimum absolute atomic E-state index is 0.952. The maximum absolute atomic E-state index is 4.45. The van der Waals surface area contributed by atoms with Gasteiger partial charge in [-0.1, -0.05) is 38.1 Å². The zero-order chi connectivity index (χ0) is 16.0. The number of nitrogens with zero attached hydrogens (tertiary/aromatic N) is 2. The van der Waals surface area contributed by atoms with Gasteiger partial charge in [-0.2, -0.15) is 0 Å². The summed E-state index contributed by atoms with van der Waals surface area (Å²) in [5.41, 5.74) is 4.63. The van der Waals surface area contributed by atoms with E-state index in [2.05, 4.69) is 64.0 Å². The second-order valence-corrected chi connectivity index (χ2v) is 5.48. The molecule has 3 aromatic heterocycles. The summed E-state index contributed by atoms with van der Waals surface area (Å²) in [6, 6.07) is 17.1. The number of aromatic amines is 1. The van der Waals surface area contributed by atoms with E-state index in [9.17, 15) is 0 Å². The van der Waals surface area contributed by atoms with E-state index < -0.39 is 0 Å². The van der Waals surface area contributed by atoms with E-state index in [1.165, 1.54) is 38.1 Å². The summed E-state index contributed by atoms with van der Waals surface area (Å²) in [6.07, 6.45) is 1.83. The first-order chi connectivity index (χ1) is 11.3. The van der Waals surface area contributed by atoms with Gasteiger partial charge in [-0.05, 0) is 24.3 Å². The first-order valence-corrected chi connectivity index (χ1v) is 8.07. The number of aryl methyl sites for hydroxylation is 1. The Morgan fingerprint density at radius 2 is 1.61 bits per heavy atom. The van der Waals surface area contributed by atoms with E-state index in [1.54, 1.807) is 0 Å². The van der Waals surface area contributed by atoms with Gasteiger partial charge in [-0.15, -0.1) is 0 Å². The Balaban J connectivity index is 0.000000652. The van der Waals surface area contributed by atoms with Gasteiger partial charge in [-0.25, -0.2) is 4.98 Å². The largest absolute Gasteiger partial charge is 0.344 e. The second-order valence-electron chi connectivity index (χ2n) is 5.48. The fraction of sp³-hybridized carbons (Fsp3) is 0.150. The monoisotopic (exact) mass is 301 g/mol. The topological polar surface area (TPSA) is 33.6 Å². The molecule has 5 rings (SSSR count). The number of para-hydroxylation sites is 1. The van der Waals surface area contributed by atoms with Crippen molar-refractivity contribution in [3.8, 4) is 0 Å². The van der Waals surface area contributed by atoms with Crippen molar-refractivity contribution < 1.29 is 0 Å². The lowest BCUT2D eigenvalue weighted by atomic mass is 10.1. The summed E-state index contributed by atoms with van der Waals surface area (Å²) in [5, 5.41) is 4.99. The first kappa shape index (κ1) is 13.8. The zero-order valence-corrected chi connectivity index (χ0v) is 13.6. The standard InChI is InChI=1S/C18H13N3.C2H6/c1-21-14-7-3-2-5-13(14)16-15(21)9-8-11-12-6-4-10-19-18(12)20-17(11)16;1-2/h2-10H,1H3,(H,19,20);1-2H3. The van der Waals surface area contributed by atoms with Crippen molar-refractivity contribution in [2.24, 2.45) is 7.05 Å². The number of hydrogen-bond acceptors (Lipinski definition) is 1. The van der Waals surface area contributed by atoms with Crippen LogP contribution in [0.4, 0.5) is 0 Å². The van der Waals surface area contributed by atoms with Crippen LogP contribution in [0.5, 0.6) is 0 Å². The van der Waals surface area contributed by atoms with Crippen LogP contribution in [0.1, 0.15) is 13.8 Å². The normalized spacial score (nSPS) is 11.3. The molecule has 0 saturated heterocycles. The van der Waals surface area contributed by atoms with Crippen LogP contribution in [-0.2, 0) is 7.05 Å². The maximum atomic E-state index is 4.45. The van der Waals surface area contributed by atoms with Crippen molar-refractivity contribution in [2.45, 2.75) is 13.8 Å². The highest BCUT2D eigenvalue weighted by molar-refractivity contribution is 6.24. The van der Waals surface area contributed by atoms with E-state index in [-0.39, 0.29) is 0 Å². The van der Waals surface area contributed by atoms with Crippen molar-refractivity contribution in [1.82, 2.24) is 14.5 Å². The molecule has 3 heteroatoms. The molecular weight excluding hydrogens is 282 g/mol. The second kappa shape index (κ2) is 5.13. The molecule has 1 N–H and O–H groups in total. The predicted molar refractivity (Wildman–Crippen MR) is 98.9 cm³/mol. The molecule has 3 nitrogen and oxygen atoms in total. The smallest absolute Gasteiger partial charge is 0.138 e. The van der Waals surface area contributed by atoms with Crippen LogP contribution in [0.2, 0.25) is 0 Å². The van der Waals surface area contributed by atoms with Crippen LogP contribution in [0.15, 0.2) is 54.7 Å². The van der Waals surface area contributed by atoms with Gasteiger partial charge in [0.05, 0.1) is 11.0 Å². The van der Waals surface area contributed by atoms with Gasteiger partial charge in [0.2, 0.25) is 0 Å². The Hall–Kier alpha value is -2.81. The predicted octanol–water partition coefficient (Wildman–Crippen LogP) is 5.39. The molecule has 0 bridgehead atoms. The van der Waals surface area contributed by atoms with E-state index in [1.807, 2.05) is 26.1 Å². The number of pyridine rings is 1. The van der Waals surface area contributed by atoms with Gasteiger partial charge in [-0.3, -0.25) is 0 Å². The van der Waals surface area contributed by atoms with Crippen molar-refractivity contribution in [3.63, 3.8) is 0 Å². The fourth-order valence-electron chi connectivity index (χ4n) is 3.45. The molecule has 0 unspecified atom stereocenters. The third kappa shape index (κ3) is 1.80. The average Bonchev–Trinajstić information content (AvgIpc) is 3.13. The van der Waals surface area contributed by atoms with E-state index in [4.69, 9.17) is 0 Å². The first-order valence-electron chi connectivity index (χ1n) is 8.07. The lowest BCUT2D eigenvalue weighted by Crippen LogP contribution is -1.85. The van der Waals surface area contributed by atoms with Crippen LogP contribution in [-0.4, -0.2) is 14.5 Å². The summed E-state index contributed by atoms with van der Waals surface area (Å²) in [7, 11) is 2.12. The fourth-order valence-corrected chi connectivity index (χ4v) is 3.45. The van der Waals surface area contributed by atoms with Crippen molar-refractivity contribution >= 4 is 43.7 Å². The molecule has 0 aliphatic carbocycles. The molecule has 0 atom stereocenters. The lowest BCUT2D eigenvalue weighted by molar-refractivity contribution is 1.01. The molecule has 0 saturated carbocycles. The number of nitrogens with one attached hydrogen (secondary N) is 1. The minimum Gasteiger partial charge on any atom is -0.344 e. The third-order valence-electron chi connectivity index (χ3n) is 4.42. The van der Waals surface area contributed by atoms with Gasteiger partial charge in [0.1, 0.15) is 5.65 Å². The van der Waals surface area contributed by atoms with Crippen LogP contribution in [0.25, 0.3) is 43.7 Å². The van der Waals surface area contributed by atoms with E-state index >= 15 is 0 Å². The van der Waals surface area contributed by atoms with E-state index in [0.717, 1.165) is 5.65 Å². The maximum Gasteiger partial charge on any atom is 0.138 e. The zero-order valence-electron chi connectivity index (χ0n) is 13.6. The van der Waals surface area contributed by atoms with Gasteiger partial charge in [0, 0.05) is 40.3 Å². The Kier molecular flexibility index (Phi) is 3.08. The van der Waals surface area contributed by atoms with Gasteiger partial charge < -0.3 is 9.55 Å². The number of H-pyrrole nitrogens is 1. The van der Waals surface area contributed by atoms with Crippen LogP contribution < -0.4 is 0 Å². The van der Waals surface area contributed by atoms with Crippen LogP contribution >= 0.6 is 0 Å². The quantitative estimate of drug-likeness (QED) is 0.409. The molecule has 0 aliphatic rings.